The van der Waals surface area contributed by atoms with Gasteiger partial charge in [0.05, 0.1) is 20.7 Å². The number of hydrogen-bond donors (Lipinski definition) is 1. The molecule has 0 amide bonds. The summed E-state index contributed by atoms with van der Waals surface area (Å²) in [4.78, 5) is 12.6. The lowest BCUT2D eigenvalue weighted by Gasteiger charge is -2.30. The van der Waals surface area contributed by atoms with Gasteiger partial charge < -0.3 is 10.6 Å². The standard InChI is InChI=1S/C19H23Cl2N5O2/c1-3-13(2)25(10-4-9-22)15-7-5-14(6-8-15)23-24-19-17(20)11-16(26(27)28)12-18(19)21/h5-8,11-13H,3-4,9-10,22H2,1-2H3/b24-23-. The van der Waals surface area contributed by atoms with Gasteiger partial charge in [-0.25, -0.2) is 0 Å². The average molecular weight is 424 g/mol. The predicted molar refractivity (Wildman–Crippen MR) is 115 cm³/mol. The molecule has 0 aromatic heterocycles. The van der Waals surface area contributed by atoms with Crippen LogP contribution >= 0.6 is 23.2 Å². The molecular weight excluding hydrogens is 401 g/mol. The first-order valence-corrected chi connectivity index (χ1v) is 9.74. The minimum absolute atomic E-state index is 0.0734. The molecule has 2 aromatic rings. The molecule has 0 saturated carbocycles. The van der Waals surface area contributed by atoms with E-state index in [4.69, 9.17) is 28.9 Å². The topological polar surface area (TPSA) is 97.1 Å². The van der Waals surface area contributed by atoms with E-state index in [1.54, 1.807) is 0 Å². The monoisotopic (exact) mass is 423 g/mol. The zero-order chi connectivity index (χ0) is 20.7. The maximum Gasteiger partial charge on any atom is 0.272 e. The smallest absolute Gasteiger partial charge is 0.272 e. The van der Waals surface area contributed by atoms with Crippen LogP contribution < -0.4 is 10.6 Å². The number of halogens is 2. The van der Waals surface area contributed by atoms with Gasteiger partial charge >= 0.3 is 0 Å². The van der Waals surface area contributed by atoms with Crippen molar-refractivity contribution in [1.82, 2.24) is 0 Å². The molecule has 0 radical (unpaired) electrons. The third-order valence-corrected chi connectivity index (χ3v) is 4.96. The number of anilines is 1. The van der Waals surface area contributed by atoms with Crippen LogP contribution in [0.15, 0.2) is 46.6 Å². The number of nitrogens with two attached hydrogens (primary N) is 1. The van der Waals surface area contributed by atoms with Crippen LogP contribution in [0.3, 0.4) is 0 Å². The van der Waals surface area contributed by atoms with Gasteiger partial charge in [-0.05, 0) is 50.6 Å². The van der Waals surface area contributed by atoms with E-state index in [0.717, 1.165) is 25.1 Å². The van der Waals surface area contributed by atoms with Crippen molar-refractivity contribution in [2.24, 2.45) is 16.0 Å². The molecule has 0 spiro atoms. The second-order valence-electron chi connectivity index (χ2n) is 6.32. The van der Waals surface area contributed by atoms with E-state index in [1.807, 2.05) is 24.3 Å². The number of nitro benzene ring substituents is 1. The van der Waals surface area contributed by atoms with Gasteiger partial charge in [0.15, 0.2) is 0 Å². The van der Waals surface area contributed by atoms with Crippen LogP contribution in [0.1, 0.15) is 26.7 Å². The molecule has 0 aliphatic carbocycles. The maximum absolute atomic E-state index is 10.8. The summed E-state index contributed by atoms with van der Waals surface area (Å²) in [5.74, 6) is 0. The van der Waals surface area contributed by atoms with Gasteiger partial charge in [0.1, 0.15) is 5.69 Å². The molecule has 28 heavy (non-hydrogen) atoms. The molecule has 0 bridgehead atoms. The third kappa shape index (κ3) is 5.64. The van der Waals surface area contributed by atoms with E-state index in [9.17, 15) is 10.1 Å². The fraction of sp³-hybridized carbons (Fsp3) is 0.368. The Balaban J connectivity index is 2.21. The van der Waals surface area contributed by atoms with E-state index in [0.29, 0.717) is 18.3 Å². The fourth-order valence-corrected chi connectivity index (χ4v) is 3.21. The van der Waals surface area contributed by atoms with Crippen LogP contribution in [-0.2, 0) is 0 Å². The molecule has 150 valence electrons. The summed E-state index contributed by atoms with van der Waals surface area (Å²) in [5, 5.41) is 19.2. The summed E-state index contributed by atoms with van der Waals surface area (Å²) in [7, 11) is 0. The van der Waals surface area contributed by atoms with Crippen molar-refractivity contribution < 1.29 is 4.92 Å². The van der Waals surface area contributed by atoms with Gasteiger partial charge in [0.2, 0.25) is 0 Å². The first-order chi connectivity index (χ1) is 13.4. The van der Waals surface area contributed by atoms with Crippen molar-refractivity contribution in [2.75, 3.05) is 18.0 Å². The summed E-state index contributed by atoms with van der Waals surface area (Å²) >= 11 is 12.1. The van der Waals surface area contributed by atoms with E-state index < -0.39 is 4.92 Å². The molecule has 2 rings (SSSR count). The highest BCUT2D eigenvalue weighted by atomic mass is 35.5. The van der Waals surface area contributed by atoms with Gasteiger partial charge in [-0.2, -0.15) is 5.11 Å². The molecular formula is C19H23Cl2N5O2. The van der Waals surface area contributed by atoms with E-state index >= 15 is 0 Å². The van der Waals surface area contributed by atoms with Crippen molar-refractivity contribution in [3.05, 3.63) is 56.6 Å². The third-order valence-electron chi connectivity index (χ3n) is 4.39. The number of nitro groups is 1. The Morgan fingerprint density at radius 3 is 2.29 bits per heavy atom. The Kier molecular flexibility index (Phi) is 8.17. The van der Waals surface area contributed by atoms with E-state index in [2.05, 4.69) is 29.0 Å². The normalized spacial score (nSPS) is 12.3. The zero-order valence-corrected chi connectivity index (χ0v) is 17.3. The lowest BCUT2D eigenvalue weighted by atomic mass is 10.1. The molecule has 1 atom stereocenters. The molecule has 2 N–H and O–H groups in total. The zero-order valence-electron chi connectivity index (χ0n) is 15.8. The van der Waals surface area contributed by atoms with Crippen LogP contribution in [0.4, 0.5) is 22.7 Å². The average Bonchev–Trinajstić information content (AvgIpc) is 2.68. The SMILES string of the molecule is CCC(C)N(CCCN)c1ccc(/N=N\c2c(Cl)cc([N+](=O)[O-])cc2Cl)cc1. The van der Waals surface area contributed by atoms with Gasteiger partial charge in [-0.15, -0.1) is 5.11 Å². The Labute approximate surface area is 174 Å². The highest BCUT2D eigenvalue weighted by molar-refractivity contribution is 6.39. The number of nitrogens with zero attached hydrogens (tertiary/aromatic N) is 4. The Bertz CT molecular complexity index is 820. The van der Waals surface area contributed by atoms with Crippen molar-refractivity contribution in [3.63, 3.8) is 0 Å². The molecule has 0 aliphatic rings. The van der Waals surface area contributed by atoms with Gasteiger partial charge in [0, 0.05) is 30.4 Å². The van der Waals surface area contributed by atoms with Crippen LogP contribution in [-0.4, -0.2) is 24.1 Å². The Morgan fingerprint density at radius 1 is 1.18 bits per heavy atom. The van der Waals surface area contributed by atoms with Gasteiger partial charge in [-0.3, -0.25) is 10.1 Å². The summed E-state index contributed by atoms with van der Waals surface area (Å²) in [6, 6.07) is 10.5. The van der Waals surface area contributed by atoms with Crippen LogP contribution in [0.25, 0.3) is 0 Å². The van der Waals surface area contributed by atoms with Crippen LogP contribution in [0.5, 0.6) is 0 Å². The first kappa shape index (κ1) is 22.1. The number of hydrogen-bond acceptors (Lipinski definition) is 6. The number of non-ortho nitro benzene ring substituents is 1. The van der Waals surface area contributed by atoms with Crippen LogP contribution in [0, 0.1) is 10.1 Å². The highest BCUT2D eigenvalue weighted by Crippen LogP contribution is 2.37. The van der Waals surface area contributed by atoms with Gasteiger partial charge in [0.25, 0.3) is 5.69 Å². The second-order valence-corrected chi connectivity index (χ2v) is 7.14. The molecule has 1 unspecified atom stereocenters. The largest absolute Gasteiger partial charge is 0.369 e. The lowest BCUT2D eigenvalue weighted by Crippen LogP contribution is -2.34. The number of benzene rings is 2. The molecule has 0 saturated heterocycles. The minimum atomic E-state index is -0.564. The Hall–Kier alpha value is -2.22. The summed E-state index contributed by atoms with van der Waals surface area (Å²) in [6.07, 6.45) is 1.95. The summed E-state index contributed by atoms with van der Waals surface area (Å²) < 4.78 is 0. The number of azo groups is 1. The predicted octanol–water partition coefficient (Wildman–Crippen LogP) is 6.27. The first-order valence-electron chi connectivity index (χ1n) is 8.99. The molecule has 0 heterocycles. The van der Waals surface area contributed by atoms with Crippen molar-refractivity contribution in [1.29, 1.82) is 0 Å². The second kappa shape index (κ2) is 10.4. The van der Waals surface area contributed by atoms with E-state index in [1.165, 1.54) is 12.1 Å². The van der Waals surface area contributed by atoms with E-state index in [-0.39, 0.29) is 21.4 Å². The molecule has 0 fully saturated rings. The fourth-order valence-electron chi connectivity index (χ4n) is 2.66. The summed E-state index contributed by atoms with van der Waals surface area (Å²) in [5.41, 5.74) is 7.37. The minimum Gasteiger partial charge on any atom is -0.369 e. The summed E-state index contributed by atoms with van der Waals surface area (Å²) in [6.45, 7) is 5.87. The number of rotatable bonds is 9. The maximum atomic E-state index is 10.8. The highest BCUT2D eigenvalue weighted by Gasteiger charge is 2.15. The van der Waals surface area contributed by atoms with Crippen molar-refractivity contribution in [3.8, 4) is 0 Å². The van der Waals surface area contributed by atoms with Crippen LogP contribution in [0.2, 0.25) is 10.0 Å². The quantitative estimate of drug-likeness (QED) is 0.291. The van der Waals surface area contributed by atoms with Crippen molar-refractivity contribution >= 4 is 46.0 Å². The molecule has 7 nitrogen and oxygen atoms in total. The van der Waals surface area contributed by atoms with Gasteiger partial charge in [-0.1, -0.05) is 30.1 Å². The Morgan fingerprint density at radius 2 is 1.79 bits per heavy atom. The molecule has 2 aromatic carbocycles. The lowest BCUT2D eigenvalue weighted by molar-refractivity contribution is -0.384. The van der Waals surface area contributed by atoms with Crippen molar-refractivity contribution in [2.45, 2.75) is 32.7 Å². The molecule has 9 heteroatoms. The molecule has 0 aliphatic heterocycles.